The van der Waals surface area contributed by atoms with Crippen LogP contribution in [0.25, 0.3) is 0 Å². The first kappa shape index (κ1) is 12.7. The van der Waals surface area contributed by atoms with E-state index in [0.29, 0.717) is 6.42 Å². The van der Waals surface area contributed by atoms with Gasteiger partial charge >= 0.3 is 0 Å². The molecule has 1 aliphatic rings. The van der Waals surface area contributed by atoms with Gasteiger partial charge in [-0.1, -0.05) is 12.1 Å². The normalized spacial score (nSPS) is 16.3. The summed E-state index contributed by atoms with van der Waals surface area (Å²) in [4.78, 5) is 4.69. The van der Waals surface area contributed by atoms with Gasteiger partial charge in [-0.2, -0.15) is 5.26 Å². The number of piperazine rings is 1. The zero-order valence-corrected chi connectivity index (χ0v) is 10.8. The molecule has 0 aliphatic carbocycles. The molecule has 1 saturated heterocycles. The van der Waals surface area contributed by atoms with Crippen LogP contribution in [-0.4, -0.2) is 44.7 Å². The molecule has 1 aromatic rings. The van der Waals surface area contributed by atoms with Crippen molar-refractivity contribution in [3.05, 3.63) is 24.3 Å². The van der Waals surface area contributed by atoms with Gasteiger partial charge in [-0.25, -0.2) is 0 Å². The van der Waals surface area contributed by atoms with E-state index in [1.54, 1.807) is 7.11 Å². The van der Waals surface area contributed by atoms with Crippen LogP contribution < -0.4 is 9.64 Å². The van der Waals surface area contributed by atoms with Crippen molar-refractivity contribution in [1.82, 2.24) is 4.90 Å². The zero-order chi connectivity index (χ0) is 12.8. The van der Waals surface area contributed by atoms with E-state index in [2.05, 4.69) is 21.9 Å². The van der Waals surface area contributed by atoms with Crippen molar-refractivity contribution in [2.45, 2.75) is 6.42 Å². The Kier molecular flexibility index (Phi) is 4.43. The minimum Gasteiger partial charge on any atom is -0.495 e. The number of methoxy groups -OCH3 is 1. The monoisotopic (exact) mass is 245 g/mol. The lowest BCUT2D eigenvalue weighted by Crippen LogP contribution is -2.46. The highest BCUT2D eigenvalue weighted by molar-refractivity contribution is 5.58. The van der Waals surface area contributed by atoms with Crippen LogP contribution in [0.15, 0.2) is 24.3 Å². The Bertz CT molecular complexity index is 419. The van der Waals surface area contributed by atoms with Gasteiger partial charge < -0.3 is 9.64 Å². The van der Waals surface area contributed by atoms with Crippen LogP contribution in [-0.2, 0) is 0 Å². The number of ether oxygens (including phenoxy) is 1. The SMILES string of the molecule is COc1ccccc1N1CCN(CCC#N)CC1. The summed E-state index contributed by atoms with van der Waals surface area (Å²) in [6, 6.07) is 10.3. The lowest BCUT2D eigenvalue weighted by molar-refractivity contribution is 0.262. The minimum absolute atomic E-state index is 0.620. The summed E-state index contributed by atoms with van der Waals surface area (Å²) in [7, 11) is 1.71. The number of nitriles is 1. The summed E-state index contributed by atoms with van der Waals surface area (Å²) < 4.78 is 5.39. The molecular weight excluding hydrogens is 226 g/mol. The van der Waals surface area contributed by atoms with Crippen molar-refractivity contribution in [2.24, 2.45) is 0 Å². The second-order valence-corrected chi connectivity index (χ2v) is 4.41. The number of nitrogens with zero attached hydrogens (tertiary/aromatic N) is 3. The molecule has 2 rings (SSSR count). The van der Waals surface area contributed by atoms with Gasteiger partial charge in [-0.15, -0.1) is 0 Å². The number of hydrogen-bond donors (Lipinski definition) is 0. The number of rotatable bonds is 4. The van der Waals surface area contributed by atoms with Crippen LogP contribution in [0.2, 0.25) is 0 Å². The molecule has 4 heteroatoms. The molecule has 0 N–H and O–H groups in total. The molecule has 0 unspecified atom stereocenters. The number of anilines is 1. The minimum atomic E-state index is 0.620. The smallest absolute Gasteiger partial charge is 0.142 e. The molecule has 0 saturated carbocycles. The quantitative estimate of drug-likeness (QED) is 0.810. The Balaban J connectivity index is 1.95. The number of benzene rings is 1. The van der Waals surface area contributed by atoms with E-state index in [1.807, 2.05) is 18.2 Å². The average Bonchev–Trinajstić information content (AvgIpc) is 2.45. The van der Waals surface area contributed by atoms with Crippen LogP contribution in [0.4, 0.5) is 5.69 Å². The van der Waals surface area contributed by atoms with Gasteiger partial charge in [0.25, 0.3) is 0 Å². The van der Waals surface area contributed by atoms with Gasteiger partial charge in [0, 0.05) is 39.1 Å². The predicted molar refractivity (Wildman–Crippen MR) is 71.9 cm³/mol. The molecule has 0 bridgehead atoms. The van der Waals surface area contributed by atoms with Crippen molar-refractivity contribution in [3.8, 4) is 11.8 Å². The van der Waals surface area contributed by atoms with E-state index in [-0.39, 0.29) is 0 Å². The third-order valence-corrected chi connectivity index (χ3v) is 3.34. The van der Waals surface area contributed by atoms with Crippen LogP contribution in [0.3, 0.4) is 0 Å². The first-order valence-electron chi connectivity index (χ1n) is 6.32. The Morgan fingerprint density at radius 2 is 1.94 bits per heavy atom. The summed E-state index contributed by atoms with van der Waals surface area (Å²) in [5.74, 6) is 0.933. The molecule has 0 spiro atoms. The third-order valence-electron chi connectivity index (χ3n) is 3.34. The number of hydrogen-bond acceptors (Lipinski definition) is 4. The molecule has 0 aromatic heterocycles. The largest absolute Gasteiger partial charge is 0.495 e. The summed E-state index contributed by atoms with van der Waals surface area (Å²) in [6.07, 6.45) is 0.620. The van der Waals surface area contributed by atoms with Crippen molar-refractivity contribution in [3.63, 3.8) is 0 Å². The summed E-state index contributed by atoms with van der Waals surface area (Å²) in [6.45, 7) is 4.90. The first-order chi connectivity index (χ1) is 8.85. The molecule has 0 atom stereocenters. The molecule has 1 fully saturated rings. The van der Waals surface area contributed by atoms with Crippen molar-refractivity contribution < 1.29 is 4.74 Å². The zero-order valence-electron chi connectivity index (χ0n) is 10.8. The summed E-state index contributed by atoms with van der Waals surface area (Å²) in [5, 5.41) is 8.59. The molecule has 96 valence electrons. The maximum Gasteiger partial charge on any atom is 0.142 e. The van der Waals surface area contributed by atoms with Gasteiger partial charge in [0.2, 0.25) is 0 Å². The Hall–Kier alpha value is -1.73. The second kappa shape index (κ2) is 6.27. The maximum absolute atomic E-state index is 8.59. The highest BCUT2D eigenvalue weighted by Gasteiger charge is 2.18. The molecule has 1 aromatic carbocycles. The lowest BCUT2D eigenvalue weighted by atomic mass is 10.2. The lowest BCUT2D eigenvalue weighted by Gasteiger charge is -2.36. The summed E-state index contributed by atoms with van der Waals surface area (Å²) in [5.41, 5.74) is 1.17. The van der Waals surface area contributed by atoms with Crippen LogP contribution in [0.1, 0.15) is 6.42 Å². The van der Waals surface area contributed by atoms with Crippen molar-refractivity contribution >= 4 is 5.69 Å². The van der Waals surface area contributed by atoms with Gasteiger partial charge in [-0.3, -0.25) is 4.90 Å². The fourth-order valence-electron chi connectivity index (χ4n) is 2.31. The standard InChI is InChI=1S/C14H19N3O/c1-18-14-6-3-2-5-13(14)17-11-9-16(10-12-17)8-4-7-15/h2-3,5-6H,4,8-12H2,1H3. The van der Waals surface area contributed by atoms with Crippen molar-refractivity contribution in [2.75, 3.05) is 44.7 Å². The Morgan fingerprint density at radius 3 is 2.61 bits per heavy atom. The molecule has 18 heavy (non-hydrogen) atoms. The highest BCUT2D eigenvalue weighted by Crippen LogP contribution is 2.28. The third kappa shape index (κ3) is 2.93. The molecule has 1 aliphatic heterocycles. The van der Waals surface area contributed by atoms with Crippen molar-refractivity contribution in [1.29, 1.82) is 5.26 Å². The van der Waals surface area contributed by atoms with Gasteiger partial charge in [0.1, 0.15) is 5.75 Å². The van der Waals surface area contributed by atoms with Crippen LogP contribution in [0.5, 0.6) is 5.75 Å². The van der Waals surface area contributed by atoms with Crippen LogP contribution >= 0.6 is 0 Å². The second-order valence-electron chi connectivity index (χ2n) is 4.41. The Morgan fingerprint density at radius 1 is 1.22 bits per heavy atom. The summed E-state index contributed by atoms with van der Waals surface area (Å²) >= 11 is 0. The van der Waals surface area contributed by atoms with Gasteiger partial charge in [-0.05, 0) is 12.1 Å². The average molecular weight is 245 g/mol. The molecule has 4 nitrogen and oxygen atoms in total. The Labute approximate surface area is 108 Å². The molecule has 0 amide bonds. The van der Waals surface area contributed by atoms with Crippen LogP contribution in [0, 0.1) is 11.3 Å². The molecular formula is C14H19N3O. The maximum atomic E-state index is 8.59. The van der Waals surface area contributed by atoms with E-state index in [4.69, 9.17) is 10.00 Å². The van der Waals surface area contributed by atoms with E-state index < -0.39 is 0 Å². The van der Waals surface area contributed by atoms with E-state index in [9.17, 15) is 0 Å². The molecule has 1 heterocycles. The molecule has 0 radical (unpaired) electrons. The number of para-hydroxylation sites is 2. The fourth-order valence-corrected chi connectivity index (χ4v) is 2.31. The van der Waals surface area contributed by atoms with Gasteiger partial charge in [0.15, 0.2) is 0 Å². The van der Waals surface area contributed by atoms with E-state index in [1.165, 1.54) is 5.69 Å². The predicted octanol–water partition coefficient (Wildman–Crippen LogP) is 1.73. The highest BCUT2D eigenvalue weighted by atomic mass is 16.5. The topological polar surface area (TPSA) is 39.5 Å². The fraction of sp³-hybridized carbons (Fsp3) is 0.500. The first-order valence-corrected chi connectivity index (χ1v) is 6.32. The van der Waals surface area contributed by atoms with E-state index in [0.717, 1.165) is 38.5 Å². The van der Waals surface area contributed by atoms with Gasteiger partial charge in [0.05, 0.1) is 18.9 Å². The van der Waals surface area contributed by atoms with E-state index >= 15 is 0 Å².